The molecule has 0 saturated heterocycles. The highest BCUT2D eigenvalue weighted by Crippen LogP contribution is 2.02. The Hall–Kier alpha value is -1.56. The zero-order chi connectivity index (χ0) is 15.5. The van der Waals surface area contributed by atoms with E-state index in [2.05, 4.69) is 38.4 Å². The molecule has 0 spiro atoms. The van der Waals surface area contributed by atoms with Crippen LogP contribution in [-0.2, 0) is 11.3 Å². The minimum absolute atomic E-state index is 0.777. The number of aromatic nitrogens is 2. The average molecular weight is 295 g/mol. The monoisotopic (exact) mass is 295 g/mol. The largest absolute Gasteiger partial charge is 0.382 e. The van der Waals surface area contributed by atoms with Gasteiger partial charge in [0.25, 0.3) is 0 Å². The molecule has 6 nitrogen and oxygen atoms in total. The maximum atomic E-state index is 5.30. The molecule has 0 unspecified atom stereocenters. The zero-order valence-corrected chi connectivity index (χ0v) is 13.8. The molecule has 1 aromatic heterocycles. The van der Waals surface area contributed by atoms with E-state index in [0.717, 1.165) is 57.3 Å². The SMILES string of the molecule is CCOCCCNC(=NC)NCCCn1nc(C)cc1C. The van der Waals surface area contributed by atoms with Gasteiger partial charge in [-0.2, -0.15) is 5.10 Å². The number of nitrogens with zero attached hydrogens (tertiary/aromatic N) is 3. The minimum atomic E-state index is 0.777. The summed E-state index contributed by atoms with van der Waals surface area (Å²) < 4.78 is 7.35. The molecule has 21 heavy (non-hydrogen) atoms. The fourth-order valence-corrected chi connectivity index (χ4v) is 2.08. The number of hydrogen-bond acceptors (Lipinski definition) is 3. The normalized spacial score (nSPS) is 11.7. The first-order valence-electron chi connectivity index (χ1n) is 7.70. The standard InChI is InChI=1S/C15H29N5O/c1-5-21-11-7-9-18-15(16-4)17-8-6-10-20-14(3)12-13(2)19-20/h12H,5-11H2,1-4H3,(H2,16,17,18). The van der Waals surface area contributed by atoms with Gasteiger partial charge < -0.3 is 15.4 Å². The van der Waals surface area contributed by atoms with Gasteiger partial charge in [0, 0.05) is 45.6 Å². The molecule has 0 aliphatic rings. The quantitative estimate of drug-likeness (QED) is 0.411. The van der Waals surface area contributed by atoms with Gasteiger partial charge in [-0.1, -0.05) is 0 Å². The van der Waals surface area contributed by atoms with Gasteiger partial charge in [-0.25, -0.2) is 0 Å². The Morgan fingerprint density at radius 2 is 2.00 bits per heavy atom. The maximum absolute atomic E-state index is 5.30. The molecule has 0 fully saturated rings. The molecule has 0 saturated carbocycles. The lowest BCUT2D eigenvalue weighted by Gasteiger charge is -2.12. The van der Waals surface area contributed by atoms with E-state index in [4.69, 9.17) is 4.74 Å². The van der Waals surface area contributed by atoms with Gasteiger partial charge >= 0.3 is 0 Å². The second kappa shape index (κ2) is 10.2. The van der Waals surface area contributed by atoms with Gasteiger partial charge in [-0.3, -0.25) is 9.67 Å². The lowest BCUT2D eigenvalue weighted by Crippen LogP contribution is -2.38. The van der Waals surface area contributed by atoms with Crippen molar-refractivity contribution in [3.8, 4) is 0 Å². The Labute approximate surface area is 128 Å². The summed E-state index contributed by atoms with van der Waals surface area (Å²) in [5.74, 6) is 0.847. The summed E-state index contributed by atoms with van der Waals surface area (Å²) in [6.45, 7) is 10.4. The van der Waals surface area contributed by atoms with Gasteiger partial charge in [-0.15, -0.1) is 0 Å². The maximum Gasteiger partial charge on any atom is 0.190 e. The van der Waals surface area contributed by atoms with Crippen molar-refractivity contribution in [2.45, 2.75) is 40.2 Å². The van der Waals surface area contributed by atoms with Crippen LogP contribution >= 0.6 is 0 Å². The van der Waals surface area contributed by atoms with E-state index in [0.29, 0.717) is 0 Å². The van der Waals surface area contributed by atoms with Crippen molar-refractivity contribution in [2.75, 3.05) is 33.4 Å². The predicted molar refractivity (Wildman–Crippen MR) is 86.8 cm³/mol. The third kappa shape index (κ3) is 7.13. The first-order valence-corrected chi connectivity index (χ1v) is 7.70. The van der Waals surface area contributed by atoms with Crippen molar-refractivity contribution in [3.05, 3.63) is 17.5 Å². The molecular weight excluding hydrogens is 266 g/mol. The Balaban J connectivity index is 2.13. The van der Waals surface area contributed by atoms with Gasteiger partial charge in [0.05, 0.1) is 5.69 Å². The summed E-state index contributed by atoms with van der Waals surface area (Å²) >= 11 is 0. The van der Waals surface area contributed by atoms with Crippen molar-refractivity contribution in [2.24, 2.45) is 4.99 Å². The second-order valence-corrected chi connectivity index (χ2v) is 4.98. The molecule has 0 radical (unpaired) electrons. The van der Waals surface area contributed by atoms with Crippen molar-refractivity contribution >= 4 is 5.96 Å². The number of hydrogen-bond donors (Lipinski definition) is 2. The summed E-state index contributed by atoms with van der Waals surface area (Å²) in [5, 5.41) is 11.0. The molecule has 120 valence electrons. The van der Waals surface area contributed by atoms with Crippen LogP contribution < -0.4 is 10.6 Å². The molecule has 2 N–H and O–H groups in total. The highest BCUT2D eigenvalue weighted by Gasteiger charge is 2.01. The van der Waals surface area contributed by atoms with Gasteiger partial charge in [0.15, 0.2) is 5.96 Å². The predicted octanol–water partition coefficient (Wildman–Crippen LogP) is 1.48. The summed E-state index contributed by atoms with van der Waals surface area (Å²) in [7, 11) is 1.79. The number of ether oxygens (including phenoxy) is 1. The zero-order valence-electron chi connectivity index (χ0n) is 13.8. The smallest absolute Gasteiger partial charge is 0.190 e. The summed E-state index contributed by atoms with van der Waals surface area (Å²) in [4.78, 5) is 4.20. The van der Waals surface area contributed by atoms with E-state index in [1.807, 2.05) is 13.8 Å². The van der Waals surface area contributed by atoms with E-state index in [1.54, 1.807) is 7.05 Å². The first-order chi connectivity index (χ1) is 10.2. The lowest BCUT2D eigenvalue weighted by atomic mass is 10.4. The fourth-order valence-electron chi connectivity index (χ4n) is 2.08. The van der Waals surface area contributed by atoms with Gasteiger partial charge in [0.2, 0.25) is 0 Å². The molecule has 0 aromatic carbocycles. The highest BCUT2D eigenvalue weighted by molar-refractivity contribution is 5.79. The molecule has 0 atom stereocenters. The molecule has 1 rings (SSSR count). The third-order valence-corrected chi connectivity index (χ3v) is 3.13. The lowest BCUT2D eigenvalue weighted by molar-refractivity contribution is 0.145. The number of nitrogens with one attached hydrogen (secondary N) is 2. The van der Waals surface area contributed by atoms with Gasteiger partial charge in [0.1, 0.15) is 0 Å². The molecule has 6 heteroatoms. The van der Waals surface area contributed by atoms with E-state index in [-0.39, 0.29) is 0 Å². The van der Waals surface area contributed by atoms with Gasteiger partial charge in [-0.05, 0) is 39.7 Å². The van der Waals surface area contributed by atoms with Crippen LogP contribution in [0.5, 0.6) is 0 Å². The van der Waals surface area contributed by atoms with E-state index in [9.17, 15) is 0 Å². The van der Waals surface area contributed by atoms with E-state index in [1.165, 1.54) is 5.69 Å². The summed E-state index contributed by atoms with van der Waals surface area (Å²) in [6, 6.07) is 2.10. The Morgan fingerprint density at radius 1 is 1.29 bits per heavy atom. The first kappa shape index (κ1) is 17.5. The highest BCUT2D eigenvalue weighted by atomic mass is 16.5. The fraction of sp³-hybridized carbons (Fsp3) is 0.733. The van der Waals surface area contributed by atoms with E-state index >= 15 is 0 Å². The molecule has 0 aliphatic carbocycles. The summed E-state index contributed by atoms with van der Waals surface area (Å²) in [6.07, 6.45) is 2.00. The number of aliphatic imine (C=N–C) groups is 1. The Bertz CT molecular complexity index is 428. The second-order valence-electron chi connectivity index (χ2n) is 4.98. The third-order valence-electron chi connectivity index (χ3n) is 3.13. The topological polar surface area (TPSA) is 63.5 Å². The van der Waals surface area contributed by atoms with Crippen molar-refractivity contribution < 1.29 is 4.74 Å². The molecule has 0 bridgehead atoms. The van der Waals surface area contributed by atoms with Crippen LogP contribution in [0.3, 0.4) is 0 Å². The van der Waals surface area contributed by atoms with Crippen LogP contribution in [-0.4, -0.2) is 49.1 Å². The van der Waals surface area contributed by atoms with Crippen LogP contribution in [0.25, 0.3) is 0 Å². The molecule has 1 heterocycles. The van der Waals surface area contributed by atoms with Crippen LogP contribution in [0.2, 0.25) is 0 Å². The molecule has 0 aliphatic heterocycles. The van der Waals surface area contributed by atoms with E-state index < -0.39 is 0 Å². The number of aryl methyl sites for hydroxylation is 3. The van der Waals surface area contributed by atoms with Crippen LogP contribution in [0.15, 0.2) is 11.1 Å². The van der Waals surface area contributed by atoms with Crippen LogP contribution in [0.1, 0.15) is 31.2 Å². The van der Waals surface area contributed by atoms with Crippen molar-refractivity contribution in [1.82, 2.24) is 20.4 Å². The number of guanidine groups is 1. The van der Waals surface area contributed by atoms with Crippen LogP contribution in [0, 0.1) is 13.8 Å². The van der Waals surface area contributed by atoms with Crippen molar-refractivity contribution in [3.63, 3.8) is 0 Å². The average Bonchev–Trinajstić information content (AvgIpc) is 2.79. The molecule has 1 aromatic rings. The number of rotatable bonds is 9. The van der Waals surface area contributed by atoms with Crippen molar-refractivity contribution in [1.29, 1.82) is 0 Å². The Kier molecular flexibility index (Phi) is 8.50. The molecular formula is C15H29N5O. The minimum Gasteiger partial charge on any atom is -0.382 e. The van der Waals surface area contributed by atoms with Crippen LogP contribution in [0.4, 0.5) is 0 Å². The molecule has 0 amide bonds. The summed E-state index contributed by atoms with van der Waals surface area (Å²) in [5.41, 5.74) is 2.29. The Morgan fingerprint density at radius 3 is 2.57 bits per heavy atom.